The second kappa shape index (κ2) is 5.47. The Hall–Kier alpha value is -0.770. The number of carbonyl (C=O) groups is 1. The van der Waals surface area contributed by atoms with Gasteiger partial charge in [-0.25, -0.2) is 4.79 Å². The highest BCUT2D eigenvalue weighted by molar-refractivity contribution is 5.73. The van der Waals surface area contributed by atoms with Gasteiger partial charge in [0.05, 0.1) is 13.2 Å². The van der Waals surface area contributed by atoms with Gasteiger partial charge < -0.3 is 34.3 Å². The first-order valence-electron chi connectivity index (χ1n) is 5.68. The summed E-state index contributed by atoms with van der Waals surface area (Å²) in [5.41, 5.74) is 0. The Morgan fingerprint density at radius 1 is 1.22 bits per heavy atom. The highest BCUT2D eigenvalue weighted by Crippen LogP contribution is 2.32. The maximum Gasteiger partial charge on any atom is 0.363 e. The molecule has 3 N–H and O–H groups in total. The van der Waals surface area contributed by atoms with Crippen molar-refractivity contribution in [3.8, 4) is 0 Å². The zero-order valence-electron chi connectivity index (χ0n) is 9.76. The van der Waals surface area contributed by atoms with Gasteiger partial charge >= 0.3 is 5.97 Å². The van der Waals surface area contributed by atoms with E-state index in [1.165, 1.54) is 0 Å². The van der Waals surface area contributed by atoms with Crippen molar-refractivity contribution in [3.63, 3.8) is 0 Å². The number of ether oxygens (including phenoxy) is 4. The van der Waals surface area contributed by atoms with Crippen LogP contribution in [0, 0.1) is 0 Å². The summed E-state index contributed by atoms with van der Waals surface area (Å²) in [5.74, 6) is -0.747. The molecule has 2 saturated heterocycles. The van der Waals surface area contributed by atoms with Gasteiger partial charge in [0, 0.05) is 0 Å². The Bertz CT molecular complexity index is 308. The molecule has 0 bridgehead atoms. The molecule has 18 heavy (non-hydrogen) atoms. The van der Waals surface area contributed by atoms with Crippen LogP contribution >= 0.6 is 0 Å². The molecular formula is C10H16O8. The molecule has 2 heterocycles. The number of aliphatic hydroxyl groups excluding tert-OH is 3. The van der Waals surface area contributed by atoms with Crippen LogP contribution in [0.3, 0.4) is 0 Å². The van der Waals surface area contributed by atoms with Crippen LogP contribution in [0.4, 0.5) is 0 Å². The molecule has 0 aromatic carbocycles. The SMILES string of the molecule is CCOC(=O)C1OC(CO)C2OC(O)C(O)C2O1. The quantitative estimate of drug-likeness (QED) is 0.489. The van der Waals surface area contributed by atoms with Crippen molar-refractivity contribution >= 4 is 5.97 Å². The summed E-state index contributed by atoms with van der Waals surface area (Å²) in [6.07, 6.45) is -6.72. The number of esters is 1. The lowest BCUT2D eigenvalue weighted by molar-refractivity contribution is -0.284. The second-order valence-corrected chi connectivity index (χ2v) is 4.02. The van der Waals surface area contributed by atoms with Crippen LogP contribution in [0.25, 0.3) is 0 Å². The van der Waals surface area contributed by atoms with E-state index in [9.17, 15) is 15.0 Å². The zero-order chi connectivity index (χ0) is 13.3. The first-order chi connectivity index (χ1) is 8.58. The summed E-state index contributed by atoms with van der Waals surface area (Å²) in [7, 11) is 0. The lowest BCUT2D eigenvalue weighted by atomic mass is 10.0. The van der Waals surface area contributed by atoms with Gasteiger partial charge in [0.15, 0.2) is 6.29 Å². The summed E-state index contributed by atoms with van der Waals surface area (Å²) in [6, 6.07) is 0. The van der Waals surface area contributed by atoms with Gasteiger partial charge in [0.1, 0.15) is 24.4 Å². The average molecular weight is 264 g/mol. The molecule has 8 heteroatoms. The van der Waals surface area contributed by atoms with Crippen molar-refractivity contribution in [1.29, 1.82) is 0 Å². The average Bonchev–Trinajstić information content (AvgIpc) is 2.65. The molecule has 0 spiro atoms. The van der Waals surface area contributed by atoms with Crippen molar-refractivity contribution < 1.29 is 39.1 Å². The Morgan fingerprint density at radius 3 is 2.56 bits per heavy atom. The molecular weight excluding hydrogens is 248 g/mol. The van der Waals surface area contributed by atoms with Crippen LogP contribution in [0.1, 0.15) is 6.92 Å². The number of aliphatic hydroxyl groups is 3. The molecule has 2 aliphatic rings. The number of hydrogen-bond acceptors (Lipinski definition) is 8. The maximum atomic E-state index is 11.5. The highest BCUT2D eigenvalue weighted by atomic mass is 16.8. The van der Waals surface area contributed by atoms with Gasteiger partial charge in [-0.3, -0.25) is 0 Å². The van der Waals surface area contributed by atoms with E-state index in [0.29, 0.717) is 0 Å². The molecule has 6 unspecified atom stereocenters. The molecule has 104 valence electrons. The Labute approximate surface area is 103 Å². The molecule has 0 amide bonds. The van der Waals surface area contributed by atoms with Gasteiger partial charge in [-0.05, 0) is 6.92 Å². The van der Waals surface area contributed by atoms with Crippen molar-refractivity contribution in [2.24, 2.45) is 0 Å². The predicted molar refractivity (Wildman–Crippen MR) is 54.1 cm³/mol. The first-order valence-corrected chi connectivity index (χ1v) is 5.68. The fourth-order valence-corrected chi connectivity index (χ4v) is 2.01. The Balaban J connectivity index is 2.09. The van der Waals surface area contributed by atoms with Crippen LogP contribution in [0.2, 0.25) is 0 Å². The highest BCUT2D eigenvalue weighted by Gasteiger charge is 2.53. The molecule has 0 saturated carbocycles. The third kappa shape index (κ3) is 2.35. The van der Waals surface area contributed by atoms with E-state index < -0.39 is 49.6 Å². The van der Waals surface area contributed by atoms with Gasteiger partial charge in [0.2, 0.25) is 0 Å². The van der Waals surface area contributed by atoms with Gasteiger partial charge in [-0.15, -0.1) is 0 Å². The van der Waals surface area contributed by atoms with Crippen molar-refractivity contribution in [2.45, 2.75) is 43.9 Å². The zero-order valence-corrected chi connectivity index (χ0v) is 9.76. The molecule has 2 fully saturated rings. The summed E-state index contributed by atoms with van der Waals surface area (Å²) in [5, 5.41) is 28.2. The minimum Gasteiger partial charge on any atom is -0.462 e. The topological polar surface area (TPSA) is 115 Å². The first kappa shape index (κ1) is 13.7. The predicted octanol–water partition coefficient (Wildman–Crippen LogP) is -2.27. The molecule has 6 atom stereocenters. The van der Waals surface area contributed by atoms with E-state index in [4.69, 9.17) is 24.1 Å². The number of hydrogen-bond donors (Lipinski definition) is 3. The second-order valence-electron chi connectivity index (χ2n) is 4.02. The third-order valence-corrected chi connectivity index (χ3v) is 2.85. The summed E-state index contributed by atoms with van der Waals surface area (Å²) >= 11 is 0. The fourth-order valence-electron chi connectivity index (χ4n) is 2.01. The number of fused-ring (bicyclic) bond motifs is 1. The molecule has 8 nitrogen and oxygen atoms in total. The Morgan fingerprint density at radius 2 is 1.94 bits per heavy atom. The van der Waals surface area contributed by atoms with Gasteiger partial charge in [-0.2, -0.15) is 0 Å². The molecule has 2 aliphatic heterocycles. The third-order valence-electron chi connectivity index (χ3n) is 2.85. The monoisotopic (exact) mass is 264 g/mol. The minimum absolute atomic E-state index is 0.154. The van der Waals surface area contributed by atoms with E-state index in [0.717, 1.165) is 0 Å². The lowest BCUT2D eigenvalue weighted by Gasteiger charge is -2.36. The van der Waals surface area contributed by atoms with Crippen molar-refractivity contribution in [2.75, 3.05) is 13.2 Å². The van der Waals surface area contributed by atoms with Crippen molar-refractivity contribution in [1.82, 2.24) is 0 Å². The van der Waals surface area contributed by atoms with Gasteiger partial charge in [0.25, 0.3) is 6.29 Å². The van der Waals surface area contributed by atoms with Crippen LogP contribution in [-0.2, 0) is 23.7 Å². The lowest BCUT2D eigenvalue weighted by Crippen LogP contribution is -2.54. The van der Waals surface area contributed by atoms with E-state index in [1.54, 1.807) is 6.92 Å². The van der Waals surface area contributed by atoms with Crippen LogP contribution in [-0.4, -0.2) is 71.5 Å². The van der Waals surface area contributed by atoms with E-state index in [1.807, 2.05) is 0 Å². The van der Waals surface area contributed by atoms with Crippen LogP contribution in [0.5, 0.6) is 0 Å². The normalized spacial score (nSPS) is 43.6. The molecule has 0 radical (unpaired) electrons. The summed E-state index contributed by atoms with van der Waals surface area (Å²) < 4.78 is 20.1. The summed E-state index contributed by atoms with van der Waals surface area (Å²) in [6.45, 7) is 1.35. The van der Waals surface area contributed by atoms with Crippen molar-refractivity contribution in [3.05, 3.63) is 0 Å². The number of carbonyl (C=O) groups excluding carboxylic acids is 1. The van der Waals surface area contributed by atoms with Crippen LogP contribution < -0.4 is 0 Å². The maximum absolute atomic E-state index is 11.5. The number of rotatable bonds is 3. The molecule has 0 aromatic heterocycles. The van der Waals surface area contributed by atoms with E-state index in [2.05, 4.69) is 0 Å². The minimum atomic E-state index is -1.43. The summed E-state index contributed by atoms with van der Waals surface area (Å²) in [4.78, 5) is 11.5. The van der Waals surface area contributed by atoms with E-state index >= 15 is 0 Å². The fraction of sp³-hybridized carbons (Fsp3) is 0.900. The Kier molecular flexibility index (Phi) is 4.15. The largest absolute Gasteiger partial charge is 0.462 e. The molecule has 0 aliphatic carbocycles. The molecule has 2 rings (SSSR count). The smallest absolute Gasteiger partial charge is 0.363 e. The van der Waals surface area contributed by atoms with E-state index in [-0.39, 0.29) is 6.61 Å². The standard InChI is InChI=1S/C10H16O8/c1-2-15-9(14)10-16-4(3-11)6-7(18-10)5(12)8(13)17-6/h4-8,10-13H,2-3H2,1H3. The van der Waals surface area contributed by atoms with Gasteiger partial charge in [-0.1, -0.05) is 0 Å². The van der Waals surface area contributed by atoms with Crippen LogP contribution in [0.15, 0.2) is 0 Å². The molecule has 0 aromatic rings.